The molecule has 0 aromatic heterocycles. The summed E-state index contributed by atoms with van der Waals surface area (Å²) in [5.41, 5.74) is 6.46. The van der Waals surface area contributed by atoms with Crippen LogP contribution in [0.5, 0.6) is 0 Å². The summed E-state index contributed by atoms with van der Waals surface area (Å²) in [5, 5.41) is 11.0. The third-order valence-electron chi connectivity index (χ3n) is 2.97. The van der Waals surface area contributed by atoms with Crippen molar-refractivity contribution < 1.29 is 4.92 Å². The van der Waals surface area contributed by atoms with Gasteiger partial charge >= 0.3 is 0 Å². The number of nitro groups is 1. The summed E-state index contributed by atoms with van der Waals surface area (Å²) < 4.78 is 0. The second-order valence-electron chi connectivity index (χ2n) is 5.13. The van der Waals surface area contributed by atoms with Crippen LogP contribution < -0.4 is 10.6 Å². The molecular formula is C13H21N3O2. The predicted molar refractivity (Wildman–Crippen MR) is 73.8 cm³/mol. The van der Waals surface area contributed by atoms with Crippen LogP contribution in [-0.2, 0) is 0 Å². The van der Waals surface area contributed by atoms with Crippen molar-refractivity contribution in [2.75, 3.05) is 24.5 Å². The van der Waals surface area contributed by atoms with Gasteiger partial charge in [-0.15, -0.1) is 0 Å². The molecule has 1 aromatic rings. The molecule has 5 heteroatoms. The van der Waals surface area contributed by atoms with Gasteiger partial charge in [0.1, 0.15) is 5.69 Å². The molecule has 0 aliphatic heterocycles. The van der Waals surface area contributed by atoms with Gasteiger partial charge in [0.25, 0.3) is 5.69 Å². The highest BCUT2D eigenvalue weighted by atomic mass is 16.6. The minimum absolute atomic E-state index is 0.0697. The first-order chi connectivity index (χ1) is 8.41. The second-order valence-corrected chi connectivity index (χ2v) is 5.13. The normalized spacial score (nSPS) is 11.3. The molecule has 0 spiro atoms. The zero-order chi connectivity index (χ0) is 13.8. The number of hydrogen-bond acceptors (Lipinski definition) is 4. The van der Waals surface area contributed by atoms with Crippen LogP contribution in [0.4, 0.5) is 11.4 Å². The third kappa shape index (κ3) is 3.43. The Labute approximate surface area is 108 Å². The van der Waals surface area contributed by atoms with Gasteiger partial charge in [-0.3, -0.25) is 10.1 Å². The maximum Gasteiger partial charge on any atom is 0.292 e. The number of nitro benzene ring substituents is 1. The first kappa shape index (κ1) is 14.4. The van der Waals surface area contributed by atoms with Crippen molar-refractivity contribution in [3.05, 3.63) is 34.4 Å². The minimum Gasteiger partial charge on any atom is -0.366 e. The maximum atomic E-state index is 11.0. The summed E-state index contributed by atoms with van der Waals surface area (Å²) >= 11 is 0. The number of nitrogens with zero attached hydrogens (tertiary/aromatic N) is 2. The molecule has 0 aliphatic carbocycles. The van der Waals surface area contributed by atoms with Gasteiger partial charge in [0.05, 0.1) is 4.92 Å². The van der Waals surface area contributed by atoms with E-state index in [1.165, 1.54) is 6.07 Å². The highest BCUT2D eigenvalue weighted by Gasteiger charge is 2.24. The Morgan fingerprint density at radius 3 is 2.50 bits per heavy atom. The lowest BCUT2D eigenvalue weighted by Gasteiger charge is -2.32. The SMILES string of the molecule is CCN(CC(C)(C)CN)c1ccccc1[N+](=O)[O-]. The lowest BCUT2D eigenvalue weighted by molar-refractivity contribution is -0.384. The predicted octanol–water partition coefficient (Wildman–Crippen LogP) is 2.41. The van der Waals surface area contributed by atoms with E-state index in [-0.39, 0.29) is 16.0 Å². The number of rotatable bonds is 6. The smallest absolute Gasteiger partial charge is 0.292 e. The Balaban J connectivity index is 3.06. The molecule has 0 bridgehead atoms. The van der Waals surface area contributed by atoms with Crippen molar-refractivity contribution in [3.63, 3.8) is 0 Å². The van der Waals surface area contributed by atoms with E-state index >= 15 is 0 Å². The molecule has 1 aromatic carbocycles. The molecular weight excluding hydrogens is 230 g/mol. The van der Waals surface area contributed by atoms with E-state index in [0.717, 1.165) is 0 Å². The number of benzene rings is 1. The molecule has 5 nitrogen and oxygen atoms in total. The number of anilines is 1. The van der Waals surface area contributed by atoms with Crippen molar-refractivity contribution in [1.29, 1.82) is 0 Å². The molecule has 0 heterocycles. The van der Waals surface area contributed by atoms with E-state index in [0.29, 0.717) is 25.3 Å². The monoisotopic (exact) mass is 251 g/mol. The molecule has 0 radical (unpaired) electrons. The van der Waals surface area contributed by atoms with Gasteiger partial charge in [0, 0.05) is 19.2 Å². The third-order valence-corrected chi connectivity index (χ3v) is 2.97. The standard InChI is InChI=1S/C13H21N3O2/c1-4-15(10-13(2,3)9-14)11-7-5-6-8-12(11)16(17)18/h5-8H,4,9-10,14H2,1-3H3. The fourth-order valence-electron chi connectivity index (χ4n) is 1.83. The first-order valence-corrected chi connectivity index (χ1v) is 6.09. The van der Waals surface area contributed by atoms with Gasteiger partial charge in [-0.2, -0.15) is 0 Å². The van der Waals surface area contributed by atoms with Crippen molar-refractivity contribution in [3.8, 4) is 0 Å². The zero-order valence-electron chi connectivity index (χ0n) is 11.2. The van der Waals surface area contributed by atoms with Crippen molar-refractivity contribution in [2.45, 2.75) is 20.8 Å². The van der Waals surface area contributed by atoms with Crippen LogP contribution in [0.25, 0.3) is 0 Å². The van der Waals surface area contributed by atoms with Crippen LogP contribution in [0.1, 0.15) is 20.8 Å². The quantitative estimate of drug-likeness (QED) is 0.622. The van der Waals surface area contributed by atoms with Crippen LogP contribution >= 0.6 is 0 Å². The van der Waals surface area contributed by atoms with Crippen LogP contribution in [0.2, 0.25) is 0 Å². The fraction of sp³-hybridized carbons (Fsp3) is 0.538. The Bertz CT molecular complexity index is 418. The summed E-state index contributed by atoms with van der Waals surface area (Å²) in [6, 6.07) is 6.83. The van der Waals surface area contributed by atoms with Gasteiger partial charge in [-0.05, 0) is 24.9 Å². The summed E-state index contributed by atoms with van der Waals surface area (Å²) in [6.07, 6.45) is 0. The van der Waals surface area contributed by atoms with E-state index in [2.05, 4.69) is 13.8 Å². The van der Waals surface area contributed by atoms with E-state index in [9.17, 15) is 10.1 Å². The molecule has 2 N–H and O–H groups in total. The molecule has 0 aliphatic rings. The minimum atomic E-state index is -0.340. The Morgan fingerprint density at radius 2 is 2.00 bits per heavy atom. The van der Waals surface area contributed by atoms with Crippen molar-refractivity contribution >= 4 is 11.4 Å². The van der Waals surface area contributed by atoms with Crippen LogP contribution in [-0.4, -0.2) is 24.6 Å². The Morgan fingerprint density at radius 1 is 1.39 bits per heavy atom. The Kier molecular flexibility index (Phi) is 4.67. The molecule has 1 rings (SSSR count). The van der Waals surface area contributed by atoms with Crippen molar-refractivity contribution in [2.24, 2.45) is 11.1 Å². The molecule has 100 valence electrons. The van der Waals surface area contributed by atoms with E-state index in [1.54, 1.807) is 12.1 Å². The molecule has 18 heavy (non-hydrogen) atoms. The zero-order valence-corrected chi connectivity index (χ0v) is 11.2. The van der Waals surface area contributed by atoms with Crippen LogP contribution in [0.15, 0.2) is 24.3 Å². The largest absolute Gasteiger partial charge is 0.366 e. The molecule has 0 saturated heterocycles. The van der Waals surface area contributed by atoms with E-state index in [1.807, 2.05) is 17.9 Å². The average Bonchev–Trinajstić information content (AvgIpc) is 2.36. The van der Waals surface area contributed by atoms with Gasteiger partial charge in [-0.25, -0.2) is 0 Å². The highest BCUT2D eigenvalue weighted by Crippen LogP contribution is 2.29. The first-order valence-electron chi connectivity index (χ1n) is 6.09. The van der Waals surface area contributed by atoms with E-state index in [4.69, 9.17) is 5.73 Å². The van der Waals surface area contributed by atoms with Gasteiger partial charge < -0.3 is 10.6 Å². The van der Waals surface area contributed by atoms with E-state index < -0.39 is 0 Å². The van der Waals surface area contributed by atoms with Crippen LogP contribution in [0.3, 0.4) is 0 Å². The molecule has 0 saturated carbocycles. The molecule has 0 atom stereocenters. The second kappa shape index (κ2) is 5.82. The lowest BCUT2D eigenvalue weighted by Crippen LogP contribution is -2.39. The Hall–Kier alpha value is -1.62. The average molecular weight is 251 g/mol. The summed E-state index contributed by atoms with van der Waals surface area (Å²) in [4.78, 5) is 12.7. The van der Waals surface area contributed by atoms with Gasteiger partial charge in [0.2, 0.25) is 0 Å². The summed E-state index contributed by atoms with van der Waals surface area (Å²) in [5.74, 6) is 0. The number of hydrogen-bond donors (Lipinski definition) is 1. The lowest BCUT2D eigenvalue weighted by atomic mass is 9.93. The van der Waals surface area contributed by atoms with Crippen LogP contribution in [0, 0.1) is 15.5 Å². The molecule has 0 fully saturated rings. The molecule has 0 unspecified atom stereocenters. The van der Waals surface area contributed by atoms with Gasteiger partial charge in [0.15, 0.2) is 0 Å². The summed E-state index contributed by atoms with van der Waals surface area (Å²) in [6.45, 7) is 8.07. The fourth-order valence-corrected chi connectivity index (χ4v) is 1.83. The van der Waals surface area contributed by atoms with Gasteiger partial charge in [-0.1, -0.05) is 26.0 Å². The number of nitrogens with two attached hydrogens (primary N) is 1. The summed E-state index contributed by atoms with van der Waals surface area (Å²) in [7, 11) is 0. The molecule has 0 amide bonds. The number of para-hydroxylation sites is 2. The maximum absolute atomic E-state index is 11.0. The highest BCUT2D eigenvalue weighted by molar-refractivity contribution is 5.63. The van der Waals surface area contributed by atoms with Crippen molar-refractivity contribution in [1.82, 2.24) is 0 Å². The topological polar surface area (TPSA) is 72.4 Å².